The monoisotopic (exact) mass is 905 g/mol. The Morgan fingerprint density at radius 3 is 1.37 bits per heavy atom. The van der Waals surface area contributed by atoms with Gasteiger partial charge in [0.2, 0.25) is 23.6 Å². The standard InChI is InChI=1S/C47H58F3N7O8/c1-27(2)37(53(5)43(62)63)39(58)55-23-9-21-45(55,41(51)60)32-13-7-11-29(25-32)35-19-20-36(57(35)34-17-15-31(16-18-34)47(48,49)50)30-12-8-14-33(26-30)46(42(52)61)22-10-24-56(46)40(59)38(28(3)4)54(6)44(64)65/h7-8,11-18,25-28,35-38H,9-10,19-24H2,1-6H3,(H2,51,60)(H2,52,61)(H,62,63)(H,64,65)/t35-,36+,37-,38-,45-,46-/m0/s1. The van der Waals surface area contributed by atoms with Crippen LogP contribution < -0.4 is 16.4 Å². The van der Waals surface area contributed by atoms with Gasteiger partial charge in [0.15, 0.2) is 0 Å². The lowest BCUT2D eigenvalue weighted by Crippen LogP contribution is -2.59. The van der Waals surface area contributed by atoms with Crippen LogP contribution in [0.5, 0.6) is 0 Å². The van der Waals surface area contributed by atoms with Crippen molar-refractivity contribution < 1.29 is 52.2 Å². The summed E-state index contributed by atoms with van der Waals surface area (Å²) in [5.74, 6) is -3.61. The van der Waals surface area contributed by atoms with E-state index in [0.29, 0.717) is 53.6 Å². The Morgan fingerprint density at radius 2 is 1.05 bits per heavy atom. The van der Waals surface area contributed by atoms with E-state index in [2.05, 4.69) is 0 Å². The molecule has 0 aromatic heterocycles. The number of alkyl halides is 3. The van der Waals surface area contributed by atoms with Crippen LogP contribution in [-0.2, 0) is 36.4 Å². The first-order chi connectivity index (χ1) is 30.5. The zero-order valence-corrected chi connectivity index (χ0v) is 37.4. The number of carbonyl (C=O) groups is 6. The van der Waals surface area contributed by atoms with Gasteiger partial charge < -0.3 is 36.4 Å². The Labute approximate surface area is 376 Å². The van der Waals surface area contributed by atoms with Crippen LogP contribution in [0, 0.1) is 11.8 Å². The minimum Gasteiger partial charge on any atom is -0.465 e. The van der Waals surface area contributed by atoms with Crippen LogP contribution in [0.1, 0.15) is 106 Å². The lowest BCUT2D eigenvalue weighted by molar-refractivity contribution is -0.148. The molecule has 0 spiro atoms. The molecule has 65 heavy (non-hydrogen) atoms. The van der Waals surface area contributed by atoms with E-state index < -0.39 is 94.6 Å². The molecule has 6 atom stereocenters. The van der Waals surface area contributed by atoms with E-state index in [-0.39, 0.29) is 25.9 Å². The predicted octanol–water partition coefficient (Wildman–Crippen LogP) is 6.66. The third-order valence-electron chi connectivity index (χ3n) is 13.7. The van der Waals surface area contributed by atoms with Gasteiger partial charge in [0.1, 0.15) is 23.2 Å². The molecule has 6 N–H and O–H groups in total. The molecule has 0 radical (unpaired) electrons. The summed E-state index contributed by atoms with van der Waals surface area (Å²) in [5.41, 5.74) is 10.9. The maximum Gasteiger partial charge on any atom is 0.416 e. The lowest BCUT2D eigenvalue weighted by Gasteiger charge is -2.41. The number of anilines is 1. The molecule has 350 valence electrons. The second-order valence-corrected chi connectivity index (χ2v) is 18.1. The Kier molecular flexibility index (Phi) is 13.5. The molecule has 3 heterocycles. The smallest absolute Gasteiger partial charge is 0.416 e. The van der Waals surface area contributed by atoms with Crippen molar-refractivity contribution in [1.82, 2.24) is 19.6 Å². The largest absolute Gasteiger partial charge is 0.465 e. The predicted molar refractivity (Wildman–Crippen MR) is 234 cm³/mol. The van der Waals surface area contributed by atoms with Gasteiger partial charge in [0, 0.05) is 32.9 Å². The van der Waals surface area contributed by atoms with Crippen molar-refractivity contribution in [3.8, 4) is 0 Å². The number of benzene rings is 3. The summed E-state index contributed by atoms with van der Waals surface area (Å²) >= 11 is 0. The van der Waals surface area contributed by atoms with E-state index in [1.807, 2.05) is 17.0 Å². The summed E-state index contributed by atoms with van der Waals surface area (Å²) in [7, 11) is 2.60. The molecule has 3 saturated heterocycles. The second kappa shape index (κ2) is 18.3. The number of hydrogen-bond donors (Lipinski definition) is 4. The van der Waals surface area contributed by atoms with Crippen molar-refractivity contribution in [3.05, 3.63) is 101 Å². The number of amides is 6. The van der Waals surface area contributed by atoms with Crippen molar-refractivity contribution in [1.29, 1.82) is 0 Å². The van der Waals surface area contributed by atoms with Crippen LogP contribution in [0.25, 0.3) is 0 Å². The molecule has 18 heteroatoms. The molecule has 0 saturated carbocycles. The number of rotatable bonds is 13. The fourth-order valence-electron chi connectivity index (χ4n) is 10.6. The van der Waals surface area contributed by atoms with E-state index in [4.69, 9.17) is 11.5 Å². The SMILES string of the molecule is CC(C)[C@@H](C(=O)N1CCC[C@@]1(C(N)=O)c1cccc([C@H]2CC[C@@H](c3cccc([C@]4(C(N)=O)CCCN4C(=O)[C@H](C(C)C)N(C)C(=O)O)c3)N2c2ccc(C(F)(F)F)cc2)c1)N(C)C(=O)O. The molecule has 3 aromatic carbocycles. The van der Waals surface area contributed by atoms with Gasteiger partial charge in [0.25, 0.3) is 0 Å². The first-order valence-electron chi connectivity index (χ1n) is 21.8. The van der Waals surface area contributed by atoms with Gasteiger partial charge in [-0.2, -0.15) is 13.2 Å². The molecule has 6 amide bonds. The van der Waals surface area contributed by atoms with Gasteiger partial charge >= 0.3 is 18.4 Å². The maximum atomic E-state index is 14.3. The molecule has 3 aliphatic heterocycles. The van der Waals surface area contributed by atoms with Crippen LogP contribution >= 0.6 is 0 Å². The highest BCUT2D eigenvalue weighted by Gasteiger charge is 2.54. The summed E-state index contributed by atoms with van der Waals surface area (Å²) in [5, 5.41) is 19.7. The molecule has 15 nitrogen and oxygen atoms in total. The van der Waals surface area contributed by atoms with E-state index in [1.165, 1.54) is 36.0 Å². The highest BCUT2D eigenvalue weighted by Crippen LogP contribution is 2.50. The number of halogens is 3. The van der Waals surface area contributed by atoms with Crippen molar-refractivity contribution in [3.63, 3.8) is 0 Å². The average Bonchev–Trinajstić information content (AvgIpc) is 4.02. The topological polar surface area (TPSA) is 211 Å². The van der Waals surface area contributed by atoms with Crippen LogP contribution in [0.2, 0.25) is 0 Å². The highest BCUT2D eigenvalue weighted by molar-refractivity contribution is 5.96. The number of likely N-dealkylation sites (tertiary alicyclic amines) is 2. The molecule has 6 rings (SSSR count). The molecule has 0 unspecified atom stereocenters. The zero-order valence-electron chi connectivity index (χ0n) is 37.4. The van der Waals surface area contributed by atoms with E-state index in [0.717, 1.165) is 21.9 Å². The van der Waals surface area contributed by atoms with Gasteiger partial charge in [-0.25, -0.2) is 9.59 Å². The number of primary amides is 2. The normalized spacial score (nSPS) is 23.2. The minimum absolute atomic E-state index is 0.145. The Balaban J connectivity index is 1.45. The summed E-state index contributed by atoms with van der Waals surface area (Å²) in [4.78, 5) is 86.8. The summed E-state index contributed by atoms with van der Waals surface area (Å²) in [6.07, 6.45) is -5.13. The Bertz CT molecular complexity index is 2190. The third kappa shape index (κ3) is 8.54. The number of nitrogens with two attached hydrogens (primary N) is 2. The number of carboxylic acid groups (broad SMARTS) is 2. The van der Waals surface area contributed by atoms with E-state index >= 15 is 0 Å². The van der Waals surface area contributed by atoms with Gasteiger partial charge in [0.05, 0.1) is 17.6 Å². The maximum absolute atomic E-state index is 14.3. The number of carbonyl (C=O) groups excluding carboxylic acids is 4. The summed E-state index contributed by atoms with van der Waals surface area (Å²) in [6.45, 7) is 7.15. The van der Waals surface area contributed by atoms with Crippen molar-refractivity contribution in [2.24, 2.45) is 23.3 Å². The molecular weight excluding hydrogens is 848 g/mol. The molecule has 3 aromatic rings. The van der Waals surface area contributed by atoms with Crippen molar-refractivity contribution in [2.45, 2.75) is 108 Å². The molecule has 3 aliphatic rings. The Morgan fingerprint density at radius 1 is 0.662 bits per heavy atom. The minimum atomic E-state index is -4.60. The third-order valence-corrected chi connectivity index (χ3v) is 13.7. The van der Waals surface area contributed by atoms with Gasteiger partial charge in [-0.05, 0) is 96.9 Å². The van der Waals surface area contributed by atoms with Crippen molar-refractivity contribution in [2.75, 3.05) is 32.1 Å². The van der Waals surface area contributed by atoms with E-state index in [9.17, 15) is 52.2 Å². The van der Waals surface area contributed by atoms with Gasteiger partial charge in [-0.3, -0.25) is 29.0 Å². The number of nitrogens with zero attached hydrogens (tertiary/aromatic N) is 5. The van der Waals surface area contributed by atoms with E-state index in [1.54, 1.807) is 64.1 Å². The fourth-order valence-corrected chi connectivity index (χ4v) is 10.6. The quantitative estimate of drug-likeness (QED) is 0.144. The van der Waals surface area contributed by atoms with Crippen LogP contribution in [0.4, 0.5) is 28.4 Å². The lowest BCUT2D eigenvalue weighted by atomic mass is 9.83. The second-order valence-electron chi connectivity index (χ2n) is 18.1. The van der Waals surface area contributed by atoms with Crippen LogP contribution in [0.3, 0.4) is 0 Å². The summed E-state index contributed by atoms with van der Waals surface area (Å²) < 4.78 is 41.7. The first kappa shape index (κ1) is 48.1. The molecular formula is C47H58F3N7O8. The average molecular weight is 906 g/mol. The molecule has 0 bridgehead atoms. The number of likely N-dealkylation sites (N-methyl/N-ethyl adjacent to an activating group) is 2. The van der Waals surface area contributed by atoms with Crippen LogP contribution in [0.15, 0.2) is 72.8 Å². The van der Waals surface area contributed by atoms with Crippen molar-refractivity contribution >= 4 is 41.5 Å². The number of hydrogen-bond acceptors (Lipinski definition) is 7. The molecule has 0 aliphatic carbocycles. The highest BCUT2D eigenvalue weighted by atomic mass is 19.4. The molecule has 3 fully saturated rings. The zero-order chi connectivity index (χ0) is 47.9. The fraction of sp³-hybridized carbons (Fsp3) is 0.489. The summed E-state index contributed by atoms with van der Waals surface area (Å²) in [6, 6.07) is 15.6. The first-order valence-corrected chi connectivity index (χ1v) is 21.8. The van der Waals surface area contributed by atoms with Crippen LogP contribution in [-0.4, -0.2) is 105 Å². The van der Waals surface area contributed by atoms with Gasteiger partial charge in [-0.15, -0.1) is 0 Å². The Hall–Kier alpha value is -6.33. The van der Waals surface area contributed by atoms with Gasteiger partial charge in [-0.1, -0.05) is 76.2 Å².